The van der Waals surface area contributed by atoms with Crippen molar-refractivity contribution in [3.05, 3.63) is 54.6 Å². The van der Waals surface area contributed by atoms with E-state index < -0.39 is 6.16 Å². The third kappa shape index (κ3) is 3.63. The molecule has 0 saturated heterocycles. The van der Waals surface area contributed by atoms with Gasteiger partial charge in [-0.2, -0.15) is 0 Å². The SMILES string of the molecule is C#CCCOC(=O)Oc1ccccc1-c1ccccc1. The minimum absolute atomic E-state index is 0.156. The van der Waals surface area contributed by atoms with E-state index in [4.69, 9.17) is 15.9 Å². The molecule has 0 N–H and O–H groups in total. The van der Waals surface area contributed by atoms with E-state index >= 15 is 0 Å². The molecule has 3 heteroatoms. The molecule has 0 aliphatic carbocycles. The van der Waals surface area contributed by atoms with Crippen molar-refractivity contribution < 1.29 is 14.3 Å². The molecule has 0 unspecified atom stereocenters. The van der Waals surface area contributed by atoms with Crippen LogP contribution in [0.4, 0.5) is 4.79 Å². The predicted molar refractivity (Wildman–Crippen MR) is 77.3 cm³/mol. The summed E-state index contributed by atoms with van der Waals surface area (Å²) in [4.78, 5) is 11.6. The van der Waals surface area contributed by atoms with Gasteiger partial charge in [0, 0.05) is 12.0 Å². The molecular weight excluding hydrogens is 252 g/mol. The van der Waals surface area contributed by atoms with Gasteiger partial charge in [-0.1, -0.05) is 48.5 Å². The summed E-state index contributed by atoms with van der Waals surface area (Å²) in [5.74, 6) is 2.85. The number of ether oxygens (including phenoxy) is 2. The monoisotopic (exact) mass is 266 g/mol. The first kappa shape index (κ1) is 13.7. The minimum Gasteiger partial charge on any atom is -0.433 e. The van der Waals surface area contributed by atoms with Gasteiger partial charge >= 0.3 is 6.16 Å². The maximum atomic E-state index is 11.6. The van der Waals surface area contributed by atoms with Crippen LogP contribution in [0.25, 0.3) is 11.1 Å². The van der Waals surface area contributed by atoms with Gasteiger partial charge in [0.15, 0.2) is 0 Å². The number of benzene rings is 2. The molecule has 0 spiro atoms. The molecule has 0 aromatic heterocycles. The van der Waals surface area contributed by atoms with E-state index in [0.717, 1.165) is 11.1 Å². The molecule has 2 aromatic carbocycles. The molecule has 0 fully saturated rings. The van der Waals surface area contributed by atoms with Crippen LogP contribution in [0.3, 0.4) is 0 Å². The van der Waals surface area contributed by atoms with E-state index in [2.05, 4.69) is 5.92 Å². The fraction of sp³-hybridized carbons (Fsp3) is 0.118. The lowest BCUT2D eigenvalue weighted by Crippen LogP contribution is -2.11. The van der Waals surface area contributed by atoms with Gasteiger partial charge in [-0.15, -0.1) is 12.3 Å². The first-order valence-corrected chi connectivity index (χ1v) is 6.24. The maximum Gasteiger partial charge on any atom is 0.513 e. The molecule has 0 heterocycles. The summed E-state index contributed by atoms with van der Waals surface area (Å²) in [5, 5.41) is 0. The van der Waals surface area contributed by atoms with Crippen molar-refractivity contribution in [2.45, 2.75) is 6.42 Å². The van der Waals surface area contributed by atoms with Crippen LogP contribution in [-0.4, -0.2) is 12.8 Å². The van der Waals surface area contributed by atoms with E-state index in [-0.39, 0.29) is 6.61 Å². The van der Waals surface area contributed by atoms with E-state index in [1.807, 2.05) is 42.5 Å². The molecule has 3 nitrogen and oxygen atoms in total. The number of para-hydroxylation sites is 1. The highest BCUT2D eigenvalue weighted by molar-refractivity contribution is 5.74. The number of carbonyl (C=O) groups excluding carboxylic acids is 1. The molecular formula is C17H14O3. The molecule has 0 radical (unpaired) electrons. The van der Waals surface area contributed by atoms with E-state index in [1.165, 1.54) is 0 Å². The number of hydrogen-bond acceptors (Lipinski definition) is 3. The summed E-state index contributed by atoms with van der Waals surface area (Å²) in [5.41, 5.74) is 1.81. The van der Waals surface area contributed by atoms with E-state index in [1.54, 1.807) is 12.1 Å². The second-order valence-electron chi connectivity index (χ2n) is 4.02. The molecule has 0 aliphatic rings. The molecule has 0 aliphatic heterocycles. The van der Waals surface area contributed by atoms with Crippen molar-refractivity contribution in [2.24, 2.45) is 0 Å². The summed E-state index contributed by atoms with van der Waals surface area (Å²) >= 11 is 0. The van der Waals surface area contributed by atoms with Gasteiger partial charge < -0.3 is 9.47 Å². The zero-order valence-corrected chi connectivity index (χ0v) is 10.9. The van der Waals surface area contributed by atoms with Crippen LogP contribution in [-0.2, 0) is 4.74 Å². The Bertz CT molecular complexity index is 612. The molecule has 20 heavy (non-hydrogen) atoms. The number of hydrogen-bond donors (Lipinski definition) is 0. The Hall–Kier alpha value is -2.73. The van der Waals surface area contributed by atoms with Gasteiger partial charge in [-0.3, -0.25) is 0 Å². The highest BCUT2D eigenvalue weighted by Crippen LogP contribution is 2.29. The summed E-state index contributed by atoms with van der Waals surface area (Å²) < 4.78 is 10.1. The van der Waals surface area contributed by atoms with Crippen LogP contribution in [0, 0.1) is 12.3 Å². The van der Waals surface area contributed by atoms with Gasteiger partial charge in [0.2, 0.25) is 0 Å². The van der Waals surface area contributed by atoms with Crippen molar-refractivity contribution in [3.63, 3.8) is 0 Å². The topological polar surface area (TPSA) is 35.5 Å². The lowest BCUT2D eigenvalue weighted by molar-refractivity contribution is 0.101. The lowest BCUT2D eigenvalue weighted by Gasteiger charge is -2.09. The third-order valence-electron chi connectivity index (χ3n) is 2.63. The Labute approximate surface area is 118 Å². The smallest absolute Gasteiger partial charge is 0.433 e. The second kappa shape index (κ2) is 7.01. The van der Waals surface area contributed by atoms with Crippen LogP contribution in [0.2, 0.25) is 0 Å². The van der Waals surface area contributed by atoms with Crippen molar-refractivity contribution in [1.82, 2.24) is 0 Å². The first-order chi connectivity index (χ1) is 9.81. The first-order valence-electron chi connectivity index (χ1n) is 6.24. The molecule has 2 aromatic rings. The fourth-order valence-electron chi connectivity index (χ4n) is 1.72. The highest BCUT2D eigenvalue weighted by atomic mass is 16.7. The van der Waals surface area contributed by atoms with Gasteiger partial charge in [0.1, 0.15) is 12.4 Å². The van der Waals surface area contributed by atoms with Gasteiger partial charge in [-0.25, -0.2) is 4.79 Å². The summed E-state index contributed by atoms with van der Waals surface area (Å²) in [6.07, 6.45) is 4.71. The standard InChI is InChI=1S/C17H14O3/c1-2-3-13-19-17(18)20-16-12-8-7-11-15(16)14-9-5-4-6-10-14/h1,4-12H,3,13H2. The zero-order valence-electron chi connectivity index (χ0n) is 10.9. The summed E-state index contributed by atoms with van der Waals surface area (Å²) in [7, 11) is 0. The summed E-state index contributed by atoms with van der Waals surface area (Å²) in [6, 6.07) is 17.0. The molecule has 0 amide bonds. The van der Waals surface area contributed by atoms with Crippen LogP contribution in [0.1, 0.15) is 6.42 Å². The van der Waals surface area contributed by atoms with Gasteiger partial charge in [0.25, 0.3) is 0 Å². The molecule has 2 rings (SSSR count). The van der Waals surface area contributed by atoms with Gasteiger partial charge in [0.05, 0.1) is 0 Å². The number of carbonyl (C=O) groups is 1. The third-order valence-corrected chi connectivity index (χ3v) is 2.63. The fourth-order valence-corrected chi connectivity index (χ4v) is 1.72. The van der Waals surface area contributed by atoms with Crippen molar-refractivity contribution in [2.75, 3.05) is 6.61 Å². The van der Waals surface area contributed by atoms with Crippen molar-refractivity contribution in [3.8, 4) is 29.2 Å². The van der Waals surface area contributed by atoms with Crippen molar-refractivity contribution in [1.29, 1.82) is 0 Å². The van der Waals surface area contributed by atoms with Crippen LogP contribution >= 0.6 is 0 Å². The van der Waals surface area contributed by atoms with E-state index in [9.17, 15) is 4.79 Å². The average molecular weight is 266 g/mol. The molecule has 0 bridgehead atoms. The molecule has 100 valence electrons. The van der Waals surface area contributed by atoms with Crippen molar-refractivity contribution >= 4 is 6.16 Å². The van der Waals surface area contributed by atoms with E-state index in [0.29, 0.717) is 12.2 Å². The average Bonchev–Trinajstić information content (AvgIpc) is 2.49. The Morgan fingerprint density at radius 3 is 2.50 bits per heavy atom. The summed E-state index contributed by atoms with van der Waals surface area (Å²) in [6.45, 7) is 0.156. The Morgan fingerprint density at radius 2 is 1.75 bits per heavy atom. The highest BCUT2D eigenvalue weighted by Gasteiger charge is 2.10. The number of rotatable bonds is 4. The largest absolute Gasteiger partial charge is 0.513 e. The molecule has 0 saturated carbocycles. The van der Waals surface area contributed by atoms with Gasteiger partial charge in [-0.05, 0) is 11.6 Å². The van der Waals surface area contributed by atoms with Crippen LogP contribution in [0.15, 0.2) is 54.6 Å². The van der Waals surface area contributed by atoms with Crippen LogP contribution in [0.5, 0.6) is 5.75 Å². The Morgan fingerprint density at radius 1 is 1.05 bits per heavy atom. The minimum atomic E-state index is -0.747. The quantitative estimate of drug-likeness (QED) is 0.364. The predicted octanol–water partition coefficient (Wildman–Crippen LogP) is 3.89. The second-order valence-corrected chi connectivity index (χ2v) is 4.02. The van der Waals surface area contributed by atoms with Crippen LogP contribution < -0.4 is 4.74 Å². The zero-order chi connectivity index (χ0) is 14.2. The number of terminal acetylenes is 1. The normalized spacial score (nSPS) is 9.55. The lowest BCUT2D eigenvalue weighted by atomic mass is 10.1. The Balaban J connectivity index is 2.13. The maximum absolute atomic E-state index is 11.6. The molecule has 0 atom stereocenters. The Kier molecular flexibility index (Phi) is 4.80.